The Balaban J connectivity index is 1.71. The lowest BCUT2D eigenvalue weighted by Crippen LogP contribution is -2.49. The predicted molar refractivity (Wildman–Crippen MR) is 112 cm³/mol. The van der Waals surface area contributed by atoms with Crippen molar-refractivity contribution in [3.05, 3.63) is 35.7 Å². The Morgan fingerprint density at radius 2 is 1.97 bits per heavy atom. The number of aliphatic hydroxyl groups is 1. The first-order valence-corrected chi connectivity index (χ1v) is 10.4. The fourth-order valence-corrected chi connectivity index (χ4v) is 3.44. The summed E-state index contributed by atoms with van der Waals surface area (Å²) < 4.78 is 12.7. The maximum absolute atomic E-state index is 12.9. The maximum atomic E-state index is 12.9. The number of morpholine rings is 1. The summed E-state index contributed by atoms with van der Waals surface area (Å²) in [6.07, 6.45) is 0.688. The minimum absolute atomic E-state index is 0.0978. The van der Waals surface area contributed by atoms with Crippen LogP contribution in [0, 0.1) is 0 Å². The van der Waals surface area contributed by atoms with Crippen LogP contribution >= 0.6 is 0 Å². The first-order chi connectivity index (χ1) is 14.5. The van der Waals surface area contributed by atoms with E-state index in [1.54, 1.807) is 4.68 Å². The minimum Gasteiger partial charge on any atom is -0.491 e. The molecule has 1 amide bonds. The third kappa shape index (κ3) is 5.56. The van der Waals surface area contributed by atoms with Crippen LogP contribution in [0.15, 0.2) is 24.3 Å². The van der Waals surface area contributed by atoms with Gasteiger partial charge in [-0.25, -0.2) is 4.68 Å². The van der Waals surface area contributed by atoms with Gasteiger partial charge in [-0.3, -0.25) is 9.69 Å². The summed E-state index contributed by atoms with van der Waals surface area (Å²) in [7, 11) is 0. The van der Waals surface area contributed by atoms with Crippen LogP contribution in [0.5, 0.6) is 5.75 Å². The second kappa shape index (κ2) is 10.5. The number of nitrogens with one attached hydrogen (secondary N) is 1. The molecule has 2 aromatic rings. The van der Waals surface area contributed by atoms with Gasteiger partial charge in [0.05, 0.1) is 43.3 Å². The van der Waals surface area contributed by atoms with Crippen molar-refractivity contribution in [2.45, 2.75) is 39.3 Å². The third-order valence-corrected chi connectivity index (χ3v) is 4.90. The number of benzene rings is 1. The number of amides is 1. The number of carbonyl (C=O) groups excluding carboxylic acids is 1. The Kier molecular flexibility index (Phi) is 7.78. The van der Waals surface area contributed by atoms with E-state index < -0.39 is 0 Å². The molecular weight excluding hydrogens is 386 g/mol. The predicted octanol–water partition coefficient (Wildman–Crippen LogP) is 1.04. The molecule has 9 heteroatoms. The van der Waals surface area contributed by atoms with Crippen LogP contribution in [0.3, 0.4) is 0 Å². The molecule has 1 fully saturated rings. The van der Waals surface area contributed by atoms with E-state index >= 15 is 0 Å². The largest absolute Gasteiger partial charge is 0.491 e. The number of nitrogens with zero attached hydrogens (tertiary/aromatic N) is 4. The monoisotopic (exact) mass is 417 g/mol. The summed E-state index contributed by atoms with van der Waals surface area (Å²) in [5.41, 5.74) is 1.80. The topological polar surface area (TPSA) is 102 Å². The summed E-state index contributed by atoms with van der Waals surface area (Å²) in [6, 6.07) is 7.16. The van der Waals surface area contributed by atoms with Crippen LogP contribution in [0.2, 0.25) is 0 Å². The first-order valence-electron chi connectivity index (χ1n) is 10.4. The maximum Gasteiger partial charge on any atom is 0.274 e. The van der Waals surface area contributed by atoms with Crippen molar-refractivity contribution in [2.75, 3.05) is 39.5 Å². The lowest BCUT2D eigenvalue weighted by atomic mass is 10.2. The smallest absolute Gasteiger partial charge is 0.274 e. The summed E-state index contributed by atoms with van der Waals surface area (Å²) in [5, 5.41) is 20.9. The highest BCUT2D eigenvalue weighted by Crippen LogP contribution is 2.19. The van der Waals surface area contributed by atoms with Crippen LogP contribution in [0.1, 0.15) is 37.0 Å². The molecule has 1 saturated heterocycles. The van der Waals surface area contributed by atoms with E-state index in [1.165, 1.54) is 0 Å². The van der Waals surface area contributed by atoms with Gasteiger partial charge in [0.25, 0.3) is 5.91 Å². The second-order valence-corrected chi connectivity index (χ2v) is 7.58. The van der Waals surface area contributed by atoms with Gasteiger partial charge in [0.2, 0.25) is 0 Å². The van der Waals surface area contributed by atoms with E-state index in [2.05, 4.69) is 20.5 Å². The quantitative estimate of drug-likeness (QED) is 0.629. The first kappa shape index (κ1) is 22.2. The van der Waals surface area contributed by atoms with E-state index in [0.29, 0.717) is 31.9 Å². The fourth-order valence-electron chi connectivity index (χ4n) is 3.44. The van der Waals surface area contributed by atoms with Crippen LogP contribution in [-0.4, -0.2) is 82.5 Å². The molecule has 2 heterocycles. The summed E-state index contributed by atoms with van der Waals surface area (Å²) in [4.78, 5) is 15.0. The molecule has 0 unspecified atom stereocenters. The van der Waals surface area contributed by atoms with Gasteiger partial charge in [0, 0.05) is 19.6 Å². The Hall–Kier alpha value is -2.49. The Morgan fingerprint density at radius 3 is 2.57 bits per heavy atom. The van der Waals surface area contributed by atoms with Gasteiger partial charge in [-0.15, -0.1) is 5.10 Å². The molecule has 0 saturated carbocycles. The van der Waals surface area contributed by atoms with Crippen molar-refractivity contribution in [1.82, 2.24) is 25.2 Å². The highest BCUT2D eigenvalue weighted by Gasteiger charge is 2.23. The van der Waals surface area contributed by atoms with Crippen molar-refractivity contribution in [2.24, 2.45) is 0 Å². The molecular formula is C21H31N5O4. The van der Waals surface area contributed by atoms with Crippen molar-refractivity contribution in [1.29, 1.82) is 0 Å². The summed E-state index contributed by atoms with van der Waals surface area (Å²) in [6.45, 7) is 9.25. The van der Waals surface area contributed by atoms with Crippen molar-refractivity contribution in [3.63, 3.8) is 0 Å². The zero-order valence-electron chi connectivity index (χ0n) is 17.9. The van der Waals surface area contributed by atoms with Gasteiger partial charge in [-0.1, -0.05) is 12.1 Å². The number of hydrogen-bond donors (Lipinski definition) is 2. The van der Waals surface area contributed by atoms with Crippen LogP contribution in [0.25, 0.3) is 5.69 Å². The van der Waals surface area contributed by atoms with Gasteiger partial charge in [0.1, 0.15) is 5.75 Å². The lowest BCUT2D eigenvalue weighted by molar-refractivity contribution is 0.0296. The van der Waals surface area contributed by atoms with Crippen LogP contribution in [0.4, 0.5) is 0 Å². The normalized spacial score (nSPS) is 15.9. The second-order valence-electron chi connectivity index (χ2n) is 7.58. The van der Waals surface area contributed by atoms with Crippen molar-refractivity contribution < 1.29 is 19.4 Å². The Labute approximate surface area is 177 Å². The zero-order valence-corrected chi connectivity index (χ0v) is 17.9. The minimum atomic E-state index is -0.377. The lowest BCUT2D eigenvalue weighted by Gasteiger charge is -2.30. The number of ether oxygens (including phenoxy) is 2. The standard InChI is InChI=1S/C21H31N5O4/c1-4-19-20(21(28)22-16(14-27)13-25-9-11-29-12-10-25)23-24-26(19)17-5-7-18(8-6-17)30-15(2)3/h5-8,15-16,27H,4,9-14H2,1-3H3,(H,22,28)/t16-/m0/s1. The number of rotatable bonds is 9. The SMILES string of the molecule is CCc1c(C(=O)N[C@H](CO)CN2CCOCC2)nnn1-c1ccc(OC(C)C)cc1. The molecule has 2 N–H and O–H groups in total. The molecule has 1 aliphatic heterocycles. The average molecular weight is 418 g/mol. The van der Waals surface area contributed by atoms with Gasteiger partial charge < -0.3 is 19.9 Å². The number of hydrogen-bond acceptors (Lipinski definition) is 7. The Bertz CT molecular complexity index is 815. The average Bonchev–Trinajstić information content (AvgIpc) is 3.18. The van der Waals surface area contributed by atoms with Crippen molar-refractivity contribution >= 4 is 5.91 Å². The highest BCUT2D eigenvalue weighted by atomic mass is 16.5. The van der Waals surface area contributed by atoms with Crippen molar-refractivity contribution in [3.8, 4) is 11.4 Å². The summed E-state index contributed by atoms with van der Waals surface area (Å²) >= 11 is 0. The molecule has 1 aromatic heterocycles. The number of aliphatic hydroxyl groups excluding tert-OH is 1. The molecule has 0 spiro atoms. The third-order valence-electron chi connectivity index (χ3n) is 4.90. The molecule has 30 heavy (non-hydrogen) atoms. The molecule has 0 radical (unpaired) electrons. The fraction of sp³-hybridized carbons (Fsp3) is 0.571. The van der Waals surface area contributed by atoms with E-state index in [-0.39, 0.29) is 30.4 Å². The van der Waals surface area contributed by atoms with E-state index in [9.17, 15) is 9.90 Å². The van der Waals surface area contributed by atoms with E-state index in [4.69, 9.17) is 9.47 Å². The molecule has 9 nitrogen and oxygen atoms in total. The van der Waals surface area contributed by atoms with Crippen LogP contribution < -0.4 is 10.1 Å². The van der Waals surface area contributed by atoms with E-state index in [0.717, 1.165) is 24.5 Å². The molecule has 1 aliphatic rings. The number of aromatic nitrogens is 3. The van der Waals surface area contributed by atoms with Crippen LogP contribution in [-0.2, 0) is 11.2 Å². The van der Waals surface area contributed by atoms with Gasteiger partial charge in [-0.05, 0) is 44.5 Å². The number of carbonyl (C=O) groups is 1. The van der Waals surface area contributed by atoms with Gasteiger partial charge in [-0.2, -0.15) is 0 Å². The molecule has 0 aliphatic carbocycles. The Morgan fingerprint density at radius 1 is 1.27 bits per heavy atom. The van der Waals surface area contributed by atoms with Gasteiger partial charge in [0.15, 0.2) is 5.69 Å². The molecule has 1 atom stereocenters. The molecule has 1 aromatic carbocycles. The molecule has 0 bridgehead atoms. The summed E-state index contributed by atoms with van der Waals surface area (Å²) in [5.74, 6) is 0.448. The molecule has 3 rings (SSSR count). The molecule has 164 valence electrons. The van der Waals surface area contributed by atoms with Gasteiger partial charge >= 0.3 is 0 Å². The highest BCUT2D eigenvalue weighted by molar-refractivity contribution is 5.93. The zero-order chi connectivity index (χ0) is 21.5. The van der Waals surface area contributed by atoms with E-state index in [1.807, 2.05) is 45.0 Å².